The lowest BCUT2D eigenvalue weighted by molar-refractivity contribution is -0.142. The zero-order valence-corrected chi connectivity index (χ0v) is 10.1. The third-order valence-electron chi connectivity index (χ3n) is 1.93. The summed E-state index contributed by atoms with van der Waals surface area (Å²) in [6.07, 6.45) is 0.280. The van der Waals surface area contributed by atoms with Gasteiger partial charge in [0.15, 0.2) is 5.79 Å². The van der Waals surface area contributed by atoms with Gasteiger partial charge in [0, 0.05) is 0 Å². The zero-order valence-electron chi connectivity index (χ0n) is 7.93. The van der Waals surface area contributed by atoms with E-state index in [2.05, 4.69) is 29.5 Å². The van der Waals surface area contributed by atoms with E-state index in [1.807, 2.05) is 24.9 Å². The standard InChI is InChI=1S/C9H15IO2/c1-6(5-10)8-7(2)11-9(3,4)12-8/h5,7-8H,1-4H3/b6-5+/t7-,8-/m1/s1. The molecule has 0 N–H and O–H groups in total. The van der Waals surface area contributed by atoms with Crippen molar-refractivity contribution in [2.45, 2.75) is 45.7 Å². The molecule has 0 aromatic carbocycles. The quantitative estimate of drug-likeness (QED) is 0.688. The Kier molecular flexibility index (Phi) is 3.17. The van der Waals surface area contributed by atoms with Crippen LogP contribution in [0.2, 0.25) is 0 Å². The molecular formula is C9H15IO2. The largest absolute Gasteiger partial charge is 0.345 e. The third-order valence-corrected chi connectivity index (χ3v) is 2.91. The number of hydrogen-bond donors (Lipinski definition) is 0. The van der Waals surface area contributed by atoms with Gasteiger partial charge in [-0.3, -0.25) is 0 Å². The fourth-order valence-electron chi connectivity index (χ4n) is 1.46. The Labute approximate surface area is 87.5 Å². The Balaban J connectivity index is 2.71. The summed E-state index contributed by atoms with van der Waals surface area (Å²) in [7, 11) is 0. The van der Waals surface area contributed by atoms with Crippen LogP contribution in [0, 0.1) is 0 Å². The smallest absolute Gasteiger partial charge is 0.164 e. The summed E-state index contributed by atoms with van der Waals surface area (Å²) in [4.78, 5) is 0. The fraction of sp³-hybridized carbons (Fsp3) is 0.778. The van der Waals surface area contributed by atoms with Gasteiger partial charge in [-0.15, -0.1) is 0 Å². The average molecular weight is 282 g/mol. The summed E-state index contributed by atoms with van der Waals surface area (Å²) in [5.41, 5.74) is 1.23. The van der Waals surface area contributed by atoms with Crippen molar-refractivity contribution in [2.75, 3.05) is 0 Å². The lowest BCUT2D eigenvalue weighted by Gasteiger charge is -2.16. The normalized spacial score (nSPS) is 35.6. The molecule has 0 saturated carbocycles. The summed E-state index contributed by atoms with van der Waals surface area (Å²) >= 11 is 2.23. The highest BCUT2D eigenvalue weighted by molar-refractivity contribution is 14.1. The van der Waals surface area contributed by atoms with E-state index in [-0.39, 0.29) is 12.2 Å². The van der Waals surface area contributed by atoms with Gasteiger partial charge in [-0.1, -0.05) is 22.6 Å². The van der Waals surface area contributed by atoms with Gasteiger partial charge < -0.3 is 9.47 Å². The van der Waals surface area contributed by atoms with Crippen LogP contribution in [0.25, 0.3) is 0 Å². The van der Waals surface area contributed by atoms with Crippen LogP contribution in [0.5, 0.6) is 0 Å². The first-order valence-electron chi connectivity index (χ1n) is 4.09. The minimum Gasteiger partial charge on any atom is -0.345 e. The van der Waals surface area contributed by atoms with E-state index in [1.54, 1.807) is 0 Å². The van der Waals surface area contributed by atoms with E-state index in [0.717, 1.165) is 0 Å². The molecule has 1 aliphatic rings. The molecule has 2 nitrogen and oxygen atoms in total. The average Bonchev–Trinajstić information content (AvgIpc) is 2.23. The molecule has 1 rings (SSSR count). The maximum atomic E-state index is 5.72. The summed E-state index contributed by atoms with van der Waals surface area (Å²) in [5.74, 6) is -0.426. The van der Waals surface area contributed by atoms with Gasteiger partial charge in [-0.25, -0.2) is 0 Å². The molecule has 0 amide bonds. The van der Waals surface area contributed by atoms with Crippen LogP contribution in [0.1, 0.15) is 27.7 Å². The molecule has 1 saturated heterocycles. The molecule has 1 fully saturated rings. The highest BCUT2D eigenvalue weighted by Crippen LogP contribution is 2.31. The Morgan fingerprint density at radius 2 is 2.00 bits per heavy atom. The minimum absolute atomic E-state index is 0.122. The van der Waals surface area contributed by atoms with Crippen LogP contribution < -0.4 is 0 Å². The molecule has 1 aliphatic heterocycles. The van der Waals surface area contributed by atoms with E-state index in [1.165, 1.54) is 5.57 Å². The van der Waals surface area contributed by atoms with Crippen molar-refractivity contribution in [3.63, 3.8) is 0 Å². The van der Waals surface area contributed by atoms with Gasteiger partial charge in [0.25, 0.3) is 0 Å². The van der Waals surface area contributed by atoms with Crippen LogP contribution >= 0.6 is 22.6 Å². The molecule has 2 atom stereocenters. The van der Waals surface area contributed by atoms with Gasteiger partial charge in [-0.05, 0) is 37.4 Å². The van der Waals surface area contributed by atoms with Crippen molar-refractivity contribution in [2.24, 2.45) is 0 Å². The van der Waals surface area contributed by atoms with Crippen LogP contribution in [-0.4, -0.2) is 18.0 Å². The molecule has 70 valence electrons. The summed E-state index contributed by atoms with van der Waals surface area (Å²) in [6.45, 7) is 8.01. The Hall–Kier alpha value is 0.390. The van der Waals surface area contributed by atoms with Gasteiger partial charge in [0.05, 0.1) is 6.10 Å². The van der Waals surface area contributed by atoms with Crippen molar-refractivity contribution in [1.29, 1.82) is 0 Å². The highest BCUT2D eigenvalue weighted by atomic mass is 127. The number of rotatable bonds is 1. The predicted octanol–water partition coefficient (Wildman–Crippen LogP) is 2.87. The molecule has 0 spiro atoms. The zero-order chi connectivity index (χ0) is 9.35. The van der Waals surface area contributed by atoms with E-state index in [4.69, 9.17) is 9.47 Å². The number of hydrogen-bond acceptors (Lipinski definition) is 2. The van der Waals surface area contributed by atoms with Crippen molar-refractivity contribution in [1.82, 2.24) is 0 Å². The summed E-state index contributed by atoms with van der Waals surface area (Å²) in [5, 5.41) is 0. The van der Waals surface area contributed by atoms with Crippen LogP contribution in [0.4, 0.5) is 0 Å². The van der Waals surface area contributed by atoms with Crippen LogP contribution in [0.15, 0.2) is 9.66 Å². The molecule has 0 radical (unpaired) electrons. The monoisotopic (exact) mass is 282 g/mol. The molecule has 3 heteroatoms. The Morgan fingerprint density at radius 1 is 1.42 bits per heavy atom. The first-order valence-corrected chi connectivity index (χ1v) is 5.33. The topological polar surface area (TPSA) is 18.5 Å². The Bertz CT molecular complexity index is 199. The molecule has 0 unspecified atom stereocenters. The van der Waals surface area contributed by atoms with Crippen LogP contribution in [-0.2, 0) is 9.47 Å². The highest BCUT2D eigenvalue weighted by Gasteiger charge is 2.39. The van der Waals surface area contributed by atoms with E-state index in [0.29, 0.717) is 0 Å². The van der Waals surface area contributed by atoms with E-state index < -0.39 is 5.79 Å². The molecule has 12 heavy (non-hydrogen) atoms. The SMILES string of the molecule is C/C(=C\I)[C@H]1OC(C)(C)O[C@@H]1C. The minimum atomic E-state index is -0.426. The molecule has 0 aliphatic carbocycles. The molecule has 0 aromatic rings. The molecule has 1 heterocycles. The number of halogens is 1. The predicted molar refractivity (Wildman–Crippen MR) is 57.3 cm³/mol. The van der Waals surface area contributed by atoms with Gasteiger partial charge in [0.1, 0.15) is 6.10 Å². The van der Waals surface area contributed by atoms with E-state index in [9.17, 15) is 0 Å². The second kappa shape index (κ2) is 3.64. The summed E-state index contributed by atoms with van der Waals surface area (Å²) < 4.78 is 13.4. The first kappa shape index (κ1) is 10.5. The fourth-order valence-corrected chi connectivity index (χ4v) is 1.82. The van der Waals surface area contributed by atoms with Crippen LogP contribution in [0.3, 0.4) is 0 Å². The van der Waals surface area contributed by atoms with Gasteiger partial charge in [-0.2, -0.15) is 0 Å². The number of ether oxygens (including phenoxy) is 2. The van der Waals surface area contributed by atoms with E-state index >= 15 is 0 Å². The van der Waals surface area contributed by atoms with Crippen molar-refractivity contribution in [3.8, 4) is 0 Å². The second-order valence-corrected chi connectivity index (χ2v) is 4.24. The third kappa shape index (κ3) is 2.20. The maximum Gasteiger partial charge on any atom is 0.164 e. The molecule has 0 aromatic heterocycles. The lowest BCUT2D eigenvalue weighted by atomic mass is 10.1. The van der Waals surface area contributed by atoms with Crippen molar-refractivity contribution in [3.05, 3.63) is 9.66 Å². The first-order chi connectivity index (χ1) is 5.46. The lowest BCUT2D eigenvalue weighted by Crippen LogP contribution is -2.21. The van der Waals surface area contributed by atoms with Gasteiger partial charge >= 0.3 is 0 Å². The maximum absolute atomic E-state index is 5.72. The second-order valence-electron chi connectivity index (χ2n) is 3.61. The van der Waals surface area contributed by atoms with Crippen molar-refractivity contribution >= 4 is 22.6 Å². The van der Waals surface area contributed by atoms with Gasteiger partial charge in [0.2, 0.25) is 0 Å². The Morgan fingerprint density at radius 3 is 2.33 bits per heavy atom. The molecular weight excluding hydrogens is 267 g/mol. The summed E-state index contributed by atoms with van der Waals surface area (Å²) in [6, 6.07) is 0. The molecule has 0 bridgehead atoms. The van der Waals surface area contributed by atoms with Crippen molar-refractivity contribution < 1.29 is 9.47 Å².